The van der Waals surface area contributed by atoms with Gasteiger partial charge in [-0.25, -0.2) is 14.8 Å². The number of piperidine rings is 1. The number of carbonyl (C=O) groups excluding carboxylic acids is 1. The number of anilines is 2. The third kappa shape index (κ3) is 8.12. The van der Waals surface area contributed by atoms with Crippen LogP contribution in [0.5, 0.6) is 11.5 Å². The third-order valence-electron chi connectivity index (χ3n) is 6.11. The molecule has 0 spiro atoms. The van der Waals surface area contributed by atoms with E-state index in [9.17, 15) is 4.79 Å². The van der Waals surface area contributed by atoms with E-state index in [1.54, 1.807) is 11.1 Å². The van der Waals surface area contributed by atoms with Gasteiger partial charge in [-0.2, -0.15) is 4.37 Å². The molecule has 1 aliphatic rings. The topological polar surface area (TPSA) is 89.5 Å². The molecule has 3 heterocycles. The molecular formula is C29H29BrClN5O3S2. The molecule has 41 heavy (non-hydrogen) atoms. The zero-order valence-electron chi connectivity index (χ0n) is 22.8. The van der Waals surface area contributed by atoms with E-state index in [2.05, 4.69) is 30.6 Å². The molecule has 2 aromatic heterocycles. The van der Waals surface area contributed by atoms with Crippen molar-refractivity contribution in [2.24, 2.45) is 0 Å². The normalized spacial score (nSPS) is 14.1. The van der Waals surface area contributed by atoms with Gasteiger partial charge in [-0.05, 0) is 70.0 Å². The van der Waals surface area contributed by atoms with Crippen LogP contribution in [-0.2, 0) is 4.74 Å². The van der Waals surface area contributed by atoms with Crippen molar-refractivity contribution in [2.45, 2.75) is 54.9 Å². The highest BCUT2D eigenvalue weighted by Gasteiger charge is 2.29. The fraction of sp³-hybridized carbons (Fsp3) is 0.310. The predicted molar refractivity (Wildman–Crippen MR) is 167 cm³/mol. The first-order chi connectivity index (χ1) is 19.6. The number of likely N-dealkylation sites (tertiary alicyclic amines) is 1. The van der Waals surface area contributed by atoms with Crippen LogP contribution < -0.4 is 10.1 Å². The minimum atomic E-state index is -0.509. The highest BCUT2D eigenvalue weighted by Crippen LogP contribution is 2.40. The molecule has 0 atom stereocenters. The molecule has 12 heteroatoms. The van der Waals surface area contributed by atoms with Crippen molar-refractivity contribution in [2.75, 3.05) is 18.4 Å². The fourth-order valence-electron chi connectivity index (χ4n) is 4.14. The van der Waals surface area contributed by atoms with Crippen molar-refractivity contribution in [3.63, 3.8) is 0 Å². The Labute approximate surface area is 261 Å². The van der Waals surface area contributed by atoms with Gasteiger partial charge < -0.3 is 19.7 Å². The number of aromatic nitrogens is 3. The molecule has 0 radical (unpaired) electrons. The van der Waals surface area contributed by atoms with E-state index in [4.69, 9.17) is 26.1 Å². The molecule has 1 saturated heterocycles. The summed E-state index contributed by atoms with van der Waals surface area (Å²) in [5.74, 6) is 2.88. The maximum atomic E-state index is 12.4. The van der Waals surface area contributed by atoms with E-state index >= 15 is 0 Å². The minimum Gasteiger partial charge on any atom is -0.456 e. The molecule has 2 aromatic carbocycles. The van der Waals surface area contributed by atoms with E-state index in [1.165, 1.54) is 23.3 Å². The van der Waals surface area contributed by atoms with Crippen molar-refractivity contribution >= 4 is 67.9 Å². The van der Waals surface area contributed by atoms with Crippen molar-refractivity contribution in [1.29, 1.82) is 0 Å². The van der Waals surface area contributed by atoms with Gasteiger partial charge in [-0.15, -0.1) is 0 Å². The van der Waals surface area contributed by atoms with Crippen LogP contribution in [0, 0.1) is 0 Å². The average molecular weight is 675 g/mol. The lowest BCUT2D eigenvalue weighted by atomic mass is 9.96. The number of hydrogen-bond donors (Lipinski definition) is 1. The van der Waals surface area contributed by atoms with Gasteiger partial charge in [0, 0.05) is 46.0 Å². The third-order valence-corrected chi connectivity index (χ3v) is 8.83. The van der Waals surface area contributed by atoms with Crippen LogP contribution in [0.25, 0.3) is 0 Å². The molecule has 214 valence electrons. The molecule has 0 unspecified atom stereocenters. The Bertz CT molecular complexity index is 1510. The first kappa shape index (κ1) is 29.6. The second-order valence-corrected chi connectivity index (χ2v) is 13.6. The molecule has 1 fully saturated rings. The summed E-state index contributed by atoms with van der Waals surface area (Å²) in [6.45, 7) is 6.86. The van der Waals surface area contributed by atoms with Crippen molar-refractivity contribution in [3.05, 3.63) is 76.1 Å². The van der Waals surface area contributed by atoms with E-state index in [1.807, 2.05) is 75.4 Å². The maximum absolute atomic E-state index is 12.4. The standard InChI is InChI=1S/C29H29BrClN5O3S2/c1-29(2,3)39-28(37)36-14-12-18(13-15-36)25-33-27(41-35-25)34-26-24(40-23-7-5-4-6-22(23)31)16-21(17-32-26)38-20-10-8-19(30)9-11-20/h4-11,16-18H,12-15H2,1-3H3,(H,32,33,34,35). The molecule has 1 N–H and O–H groups in total. The largest absolute Gasteiger partial charge is 0.456 e. The van der Waals surface area contributed by atoms with E-state index in [0.29, 0.717) is 40.6 Å². The molecular weight excluding hydrogens is 646 g/mol. The summed E-state index contributed by atoms with van der Waals surface area (Å²) in [7, 11) is 0. The Hall–Kier alpha value is -2.86. The van der Waals surface area contributed by atoms with Gasteiger partial charge in [-0.1, -0.05) is 51.4 Å². The first-order valence-electron chi connectivity index (χ1n) is 13.1. The lowest BCUT2D eigenvalue weighted by molar-refractivity contribution is 0.0203. The smallest absolute Gasteiger partial charge is 0.410 e. The van der Waals surface area contributed by atoms with Crippen LogP contribution in [0.1, 0.15) is 45.4 Å². The fourth-order valence-corrected chi connectivity index (χ4v) is 6.23. The van der Waals surface area contributed by atoms with Gasteiger partial charge in [0.15, 0.2) is 0 Å². The monoisotopic (exact) mass is 673 g/mol. The molecule has 1 amide bonds. The van der Waals surface area contributed by atoms with Crippen LogP contribution in [-0.4, -0.2) is 44.0 Å². The summed E-state index contributed by atoms with van der Waals surface area (Å²) in [4.78, 5) is 25.3. The highest BCUT2D eigenvalue weighted by molar-refractivity contribution is 9.10. The highest BCUT2D eigenvalue weighted by atomic mass is 79.9. The van der Waals surface area contributed by atoms with Crippen molar-refractivity contribution in [3.8, 4) is 11.5 Å². The Morgan fingerprint density at radius 2 is 1.83 bits per heavy atom. The zero-order valence-corrected chi connectivity index (χ0v) is 26.7. The molecule has 5 rings (SSSR count). The second kappa shape index (κ2) is 13.0. The Kier molecular flexibility index (Phi) is 9.38. The Morgan fingerprint density at radius 3 is 2.54 bits per heavy atom. The van der Waals surface area contributed by atoms with Gasteiger partial charge in [0.05, 0.1) is 16.1 Å². The van der Waals surface area contributed by atoms with Crippen LogP contribution in [0.2, 0.25) is 5.02 Å². The number of benzene rings is 2. The molecule has 0 aliphatic carbocycles. The van der Waals surface area contributed by atoms with Gasteiger partial charge in [0.1, 0.15) is 28.7 Å². The lowest BCUT2D eigenvalue weighted by Gasteiger charge is -2.32. The number of pyridine rings is 1. The number of rotatable bonds is 7. The summed E-state index contributed by atoms with van der Waals surface area (Å²) in [6, 6.07) is 17.2. The Morgan fingerprint density at radius 1 is 1.10 bits per heavy atom. The van der Waals surface area contributed by atoms with Gasteiger partial charge in [0.25, 0.3) is 0 Å². The van der Waals surface area contributed by atoms with Gasteiger partial charge >= 0.3 is 6.09 Å². The number of hydrogen-bond acceptors (Lipinski definition) is 9. The zero-order chi connectivity index (χ0) is 29.0. The molecule has 1 aliphatic heterocycles. The predicted octanol–water partition coefficient (Wildman–Crippen LogP) is 9.15. The van der Waals surface area contributed by atoms with Crippen LogP contribution >= 0.6 is 50.8 Å². The van der Waals surface area contributed by atoms with Gasteiger partial charge in [-0.3, -0.25) is 0 Å². The van der Waals surface area contributed by atoms with E-state index in [-0.39, 0.29) is 12.0 Å². The molecule has 0 bridgehead atoms. The van der Waals surface area contributed by atoms with E-state index < -0.39 is 5.60 Å². The molecule has 8 nitrogen and oxygen atoms in total. The minimum absolute atomic E-state index is 0.173. The summed E-state index contributed by atoms with van der Waals surface area (Å²) < 4.78 is 17.2. The summed E-state index contributed by atoms with van der Waals surface area (Å²) >= 11 is 12.7. The van der Waals surface area contributed by atoms with Crippen molar-refractivity contribution < 1.29 is 14.3 Å². The number of nitrogens with zero attached hydrogens (tertiary/aromatic N) is 4. The number of carbonyl (C=O) groups is 1. The summed E-state index contributed by atoms with van der Waals surface area (Å²) in [6.07, 6.45) is 2.97. The first-order valence-corrected chi connectivity index (χ1v) is 15.8. The average Bonchev–Trinajstić information content (AvgIpc) is 3.40. The van der Waals surface area contributed by atoms with E-state index in [0.717, 1.165) is 32.9 Å². The molecule has 4 aromatic rings. The number of halogens is 2. The number of amides is 1. The maximum Gasteiger partial charge on any atom is 0.410 e. The van der Waals surface area contributed by atoms with Crippen LogP contribution in [0.3, 0.4) is 0 Å². The SMILES string of the molecule is CC(C)(C)OC(=O)N1CCC(c2nsc(Nc3ncc(Oc4ccc(Br)cc4)cc3Sc3ccccc3Cl)n2)CC1. The number of nitrogens with one attached hydrogen (secondary N) is 1. The van der Waals surface area contributed by atoms with Crippen LogP contribution in [0.15, 0.2) is 75.1 Å². The van der Waals surface area contributed by atoms with Crippen LogP contribution in [0.4, 0.5) is 15.7 Å². The number of ether oxygens (including phenoxy) is 2. The molecule has 0 saturated carbocycles. The summed E-state index contributed by atoms with van der Waals surface area (Å²) in [5, 5.41) is 4.64. The summed E-state index contributed by atoms with van der Waals surface area (Å²) in [5.41, 5.74) is -0.509. The quantitative estimate of drug-likeness (QED) is 0.208. The van der Waals surface area contributed by atoms with Crippen molar-refractivity contribution in [1.82, 2.24) is 19.2 Å². The van der Waals surface area contributed by atoms with Gasteiger partial charge in [0.2, 0.25) is 5.13 Å². The second-order valence-electron chi connectivity index (χ2n) is 10.4. The Balaban J connectivity index is 1.30. The lowest BCUT2D eigenvalue weighted by Crippen LogP contribution is -2.41.